The molecule has 1 heterocycles. The maximum absolute atomic E-state index is 11.5. The Morgan fingerprint density at radius 3 is 2.87 bits per heavy atom. The predicted octanol–water partition coefficient (Wildman–Crippen LogP) is 2.36. The third-order valence-corrected chi connectivity index (χ3v) is 3.56. The lowest BCUT2D eigenvalue weighted by Crippen LogP contribution is -2.35. The van der Waals surface area contributed by atoms with E-state index in [9.17, 15) is 4.79 Å². The van der Waals surface area contributed by atoms with Crippen LogP contribution in [0, 0.1) is 5.92 Å². The summed E-state index contributed by atoms with van der Waals surface area (Å²) in [6, 6.07) is 3.75. The number of nitrogens with one attached hydrogen (secondary N) is 1. The van der Waals surface area contributed by atoms with Crippen molar-refractivity contribution in [1.82, 2.24) is 5.32 Å². The minimum absolute atomic E-state index is 0.0385. The molecule has 84 valence electrons. The molecule has 1 aromatic heterocycles. The Labute approximate surface area is 98.4 Å². The Kier molecular flexibility index (Phi) is 4.88. The quantitative estimate of drug-likeness (QED) is 0.837. The smallest absolute Gasteiger partial charge is 0.234 e. The van der Waals surface area contributed by atoms with Crippen molar-refractivity contribution in [2.24, 2.45) is 5.92 Å². The molecule has 4 heteroatoms. The van der Waals surface area contributed by atoms with Gasteiger partial charge in [-0.2, -0.15) is 0 Å². The highest BCUT2D eigenvalue weighted by Crippen LogP contribution is 2.11. The van der Waals surface area contributed by atoms with E-state index in [-0.39, 0.29) is 10.7 Å². The maximum Gasteiger partial charge on any atom is 0.234 e. The van der Waals surface area contributed by atoms with Gasteiger partial charge in [-0.25, -0.2) is 0 Å². The Bertz CT molecular complexity index is 296. The second kappa shape index (κ2) is 5.95. The van der Waals surface area contributed by atoms with Crippen LogP contribution in [0.4, 0.5) is 0 Å². The summed E-state index contributed by atoms with van der Waals surface area (Å²) in [4.78, 5) is 11.4. The Morgan fingerprint density at radius 1 is 1.60 bits per heavy atom. The van der Waals surface area contributed by atoms with Gasteiger partial charge in [-0.15, -0.1) is 0 Å². The first-order valence-electron chi connectivity index (χ1n) is 5.05. The van der Waals surface area contributed by atoms with Gasteiger partial charge in [-0.05, 0) is 18.1 Å². The standard InChI is InChI=1S/C11H16BrNO2/c1-8(2)10(12)11(14)13-6-5-9-4-3-7-15-9/h3-4,7-8,10H,5-6H2,1-2H3,(H,13,14). The average molecular weight is 274 g/mol. The molecule has 0 aliphatic carbocycles. The van der Waals surface area contributed by atoms with Crippen molar-refractivity contribution >= 4 is 21.8 Å². The fraction of sp³-hybridized carbons (Fsp3) is 0.545. The third kappa shape index (κ3) is 4.08. The van der Waals surface area contributed by atoms with E-state index in [0.717, 1.165) is 12.2 Å². The number of rotatable bonds is 5. The Hall–Kier alpha value is -0.770. The topological polar surface area (TPSA) is 42.2 Å². The molecular formula is C11H16BrNO2. The number of halogens is 1. The zero-order valence-electron chi connectivity index (χ0n) is 9.00. The van der Waals surface area contributed by atoms with E-state index in [0.29, 0.717) is 12.5 Å². The monoisotopic (exact) mass is 273 g/mol. The van der Waals surface area contributed by atoms with Gasteiger partial charge in [0.15, 0.2) is 0 Å². The van der Waals surface area contributed by atoms with Crippen LogP contribution in [0.25, 0.3) is 0 Å². The van der Waals surface area contributed by atoms with Crippen molar-refractivity contribution in [2.75, 3.05) is 6.54 Å². The highest BCUT2D eigenvalue weighted by molar-refractivity contribution is 9.10. The minimum atomic E-state index is -0.117. The zero-order chi connectivity index (χ0) is 11.3. The number of carbonyl (C=O) groups is 1. The fourth-order valence-corrected chi connectivity index (χ4v) is 1.33. The SMILES string of the molecule is CC(C)C(Br)C(=O)NCCc1ccco1. The lowest BCUT2D eigenvalue weighted by atomic mass is 10.1. The average Bonchev–Trinajstić information content (AvgIpc) is 2.69. The largest absolute Gasteiger partial charge is 0.469 e. The van der Waals surface area contributed by atoms with E-state index < -0.39 is 0 Å². The summed E-state index contributed by atoms with van der Waals surface area (Å²) in [5.41, 5.74) is 0. The highest BCUT2D eigenvalue weighted by Gasteiger charge is 2.17. The van der Waals surface area contributed by atoms with Gasteiger partial charge >= 0.3 is 0 Å². The van der Waals surface area contributed by atoms with E-state index in [2.05, 4.69) is 21.2 Å². The zero-order valence-corrected chi connectivity index (χ0v) is 10.6. The normalized spacial score (nSPS) is 12.8. The molecule has 0 saturated heterocycles. The molecule has 1 aromatic rings. The number of hydrogen-bond acceptors (Lipinski definition) is 2. The van der Waals surface area contributed by atoms with Crippen LogP contribution in [0.3, 0.4) is 0 Å². The van der Waals surface area contributed by atoms with Crippen LogP contribution in [0.5, 0.6) is 0 Å². The van der Waals surface area contributed by atoms with Gasteiger partial charge in [-0.1, -0.05) is 29.8 Å². The van der Waals surface area contributed by atoms with Crippen LogP contribution >= 0.6 is 15.9 Å². The van der Waals surface area contributed by atoms with Gasteiger partial charge in [0.25, 0.3) is 0 Å². The first kappa shape index (κ1) is 12.3. The van der Waals surface area contributed by atoms with Crippen molar-refractivity contribution in [3.8, 4) is 0 Å². The van der Waals surface area contributed by atoms with Crippen molar-refractivity contribution < 1.29 is 9.21 Å². The molecule has 0 fully saturated rings. The second-order valence-corrected chi connectivity index (χ2v) is 4.75. The van der Waals surface area contributed by atoms with Crippen LogP contribution < -0.4 is 5.32 Å². The minimum Gasteiger partial charge on any atom is -0.469 e. The first-order valence-corrected chi connectivity index (χ1v) is 5.97. The molecule has 0 aliphatic rings. The maximum atomic E-state index is 11.5. The molecule has 1 rings (SSSR count). The molecule has 0 spiro atoms. The number of furan rings is 1. The predicted molar refractivity (Wildman–Crippen MR) is 63.0 cm³/mol. The summed E-state index contributed by atoms with van der Waals surface area (Å²) in [6.07, 6.45) is 2.37. The lowest BCUT2D eigenvalue weighted by molar-refractivity contribution is -0.121. The first-order chi connectivity index (χ1) is 7.11. The molecule has 1 unspecified atom stereocenters. The molecule has 1 atom stereocenters. The van der Waals surface area contributed by atoms with Gasteiger partial charge in [0, 0.05) is 13.0 Å². The van der Waals surface area contributed by atoms with E-state index >= 15 is 0 Å². The molecular weight excluding hydrogens is 258 g/mol. The molecule has 0 radical (unpaired) electrons. The molecule has 1 N–H and O–H groups in total. The van der Waals surface area contributed by atoms with Gasteiger partial charge in [0.2, 0.25) is 5.91 Å². The van der Waals surface area contributed by atoms with Crippen molar-refractivity contribution in [1.29, 1.82) is 0 Å². The van der Waals surface area contributed by atoms with Crippen molar-refractivity contribution in [2.45, 2.75) is 25.1 Å². The number of carbonyl (C=O) groups excluding carboxylic acids is 1. The molecule has 3 nitrogen and oxygen atoms in total. The van der Waals surface area contributed by atoms with Crippen LogP contribution in [0.15, 0.2) is 22.8 Å². The summed E-state index contributed by atoms with van der Waals surface area (Å²) < 4.78 is 5.16. The highest BCUT2D eigenvalue weighted by atomic mass is 79.9. The number of hydrogen-bond donors (Lipinski definition) is 1. The summed E-state index contributed by atoms with van der Waals surface area (Å²) in [5, 5.41) is 2.86. The van der Waals surface area contributed by atoms with Crippen LogP contribution in [-0.2, 0) is 11.2 Å². The van der Waals surface area contributed by atoms with Crippen molar-refractivity contribution in [3.63, 3.8) is 0 Å². The van der Waals surface area contributed by atoms with Gasteiger partial charge < -0.3 is 9.73 Å². The van der Waals surface area contributed by atoms with E-state index in [1.165, 1.54) is 0 Å². The molecule has 0 aliphatic heterocycles. The number of amides is 1. The van der Waals surface area contributed by atoms with Gasteiger partial charge in [0.1, 0.15) is 5.76 Å². The van der Waals surface area contributed by atoms with Gasteiger partial charge in [-0.3, -0.25) is 4.79 Å². The third-order valence-electron chi connectivity index (χ3n) is 2.09. The molecule has 15 heavy (non-hydrogen) atoms. The van der Waals surface area contributed by atoms with E-state index in [4.69, 9.17) is 4.42 Å². The summed E-state index contributed by atoms with van der Waals surface area (Å²) in [6.45, 7) is 4.62. The van der Waals surface area contributed by atoms with E-state index in [1.807, 2.05) is 26.0 Å². The summed E-state index contributed by atoms with van der Waals surface area (Å²) in [5.74, 6) is 1.23. The van der Waals surface area contributed by atoms with Crippen LogP contribution in [-0.4, -0.2) is 17.3 Å². The molecule has 0 bridgehead atoms. The summed E-state index contributed by atoms with van der Waals surface area (Å²) in [7, 11) is 0. The second-order valence-electron chi connectivity index (χ2n) is 3.77. The van der Waals surface area contributed by atoms with Gasteiger partial charge in [0.05, 0.1) is 11.1 Å². The number of alkyl halides is 1. The lowest BCUT2D eigenvalue weighted by Gasteiger charge is -2.13. The molecule has 0 aromatic carbocycles. The van der Waals surface area contributed by atoms with Crippen LogP contribution in [0.1, 0.15) is 19.6 Å². The molecule has 1 amide bonds. The Balaban J connectivity index is 2.23. The van der Waals surface area contributed by atoms with E-state index in [1.54, 1.807) is 6.26 Å². The molecule has 0 saturated carbocycles. The van der Waals surface area contributed by atoms with Crippen molar-refractivity contribution in [3.05, 3.63) is 24.2 Å². The van der Waals surface area contributed by atoms with Crippen LogP contribution in [0.2, 0.25) is 0 Å². The summed E-state index contributed by atoms with van der Waals surface area (Å²) >= 11 is 3.35. The fourth-order valence-electron chi connectivity index (χ4n) is 1.16. The Morgan fingerprint density at radius 2 is 2.33 bits per heavy atom.